The summed E-state index contributed by atoms with van der Waals surface area (Å²) in [6, 6.07) is 1.93. The fourth-order valence-electron chi connectivity index (χ4n) is 8.49. The third-order valence-corrected chi connectivity index (χ3v) is 10.1. The minimum Gasteiger partial charge on any atom is -0.481 e. The molecular formula is C27H34O8. The quantitative estimate of drug-likeness (QED) is 0.490. The third-order valence-electron chi connectivity index (χ3n) is 10.1. The van der Waals surface area contributed by atoms with Crippen LogP contribution in [0.4, 0.5) is 0 Å². The maximum atomic E-state index is 13.7. The van der Waals surface area contributed by atoms with E-state index in [1.54, 1.807) is 26.4 Å². The summed E-state index contributed by atoms with van der Waals surface area (Å²) in [5.74, 6) is -3.04. The van der Waals surface area contributed by atoms with Gasteiger partial charge in [0.25, 0.3) is 0 Å². The Kier molecular flexibility index (Phi) is 5.39. The zero-order valence-electron chi connectivity index (χ0n) is 20.9. The van der Waals surface area contributed by atoms with E-state index in [1.807, 2.05) is 19.9 Å². The Labute approximate surface area is 204 Å². The van der Waals surface area contributed by atoms with E-state index in [2.05, 4.69) is 0 Å². The third kappa shape index (κ3) is 2.96. The second-order valence-electron chi connectivity index (χ2n) is 11.5. The zero-order chi connectivity index (χ0) is 25.5. The minimum atomic E-state index is -1.33. The van der Waals surface area contributed by atoms with Crippen LogP contribution in [0.15, 0.2) is 34.2 Å². The molecule has 5 rings (SSSR count). The Hall–Kier alpha value is -2.45. The molecule has 1 aliphatic heterocycles. The fourth-order valence-corrected chi connectivity index (χ4v) is 8.49. The molecule has 190 valence electrons. The summed E-state index contributed by atoms with van der Waals surface area (Å²) < 4.78 is 16.9. The molecule has 0 radical (unpaired) electrons. The van der Waals surface area contributed by atoms with E-state index < -0.39 is 52.2 Å². The molecule has 8 nitrogen and oxygen atoms in total. The molecular weight excluding hydrogens is 452 g/mol. The number of ketones is 1. The summed E-state index contributed by atoms with van der Waals surface area (Å²) >= 11 is 0. The molecule has 8 heteroatoms. The lowest BCUT2D eigenvalue weighted by Gasteiger charge is -2.63. The van der Waals surface area contributed by atoms with E-state index in [-0.39, 0.29) is 37.1 Å². The van der Waals surface area contributed by atoms with Crippen molar-refractivity contribution in [3.05, 3.63) is 35.3 Å². The lowest BCUT2D eigenvalue weighted by Crippen LogP contribution is -2.70. The number of ether oxygens (including phenoxy) is 2. The molecule has 3 aliphatic carbocycles. The van der Waals surface area contributed by atoms with Crippen molar-refractivity contribution in [2.75, 3.05) is 7.11 Å². The van der Waals surface area contributed by atoms with Gasteiger partial charge < -0.3 is 24.1 Å². The average molecular weight is 487 g/mol. The molecule has 4 aliphatic rings. The van der Waals surface area contributed by atoms with E-state index in [0.717, 1.165) is 16.7 Å². The van der Waals surface area contributed by atoms with Crippen LogP contribution in [0.3, 0.4) is 0 Å². The molecule has 2 saturated carbocycles. The van der Waals surface area contributed by atoms with Gasteiger partial charge in [0, 0.05) is 29.1 Å². The highest BCUT2D eigenvalue weighted by molar-refractivity contribution is 5.90. The summed E-state index contributed by atoms with van der Waals surface area (Å²) in [6.45, 7) is 7.39. The van der Waals surface area contributed by atoms with Crippen LogP contribution in [-0.2, 0) is 23.9 Å². The van der Waals surface area contributed by atoms with Crippen molar-refractivity contribution in [2.24, 2.45) is 28.1 Å². The Bertz CT molecular complexity index is 1100. The molecule has 9 atom stereocenters. The number of allylic oxidation sites excluding steroid dienone is 1. The summed E-state index contributed by atoms with van der Waals surface area (Å²) in [5, 5.41) is 22.1. The van der Waals surface area contributed by atoms with Gasteiger partial charge in [0.05, 0.1) is 49.8 Å². The van der Waals surface area contributed by atoms with Gasteiger partial charge in [0.15, 0.2) is 0 Å². The molecule has 9 unspecified atom stereocenters. The fraction of sp³-hybridized carbons (Fsp3) is 0.667. The number of carboxylic acid groups (broad SMARTS) is 1. The highest BCUT2D eigenvalue weighted by atomic mass is 16.5. The number of furan rings is 1. The molecule has 35 heavy (non-hydrogen) atoms. The number of aliphatic carboxylic acids is 1. The van der Waals surface area contributed by atoms with E-state index in [0.29, 0.717) is 6.42 Å². The average Bonchev–Trinajstić information content (AvgIpc) is 3.51. The summed E-state index contributed by atoms with van der Waals surface area (Å²) in [5.41, 5.74) is -0.291. The van der Waals surface area contributed by atoms with Crippen molar-refractivity contribution < 1.29 is 38.5 Å². The summed E-state index contributed by atoms with van der Waals surface area (Å²) in [4.78, 5) is 39.0. The Morgan fingerprint density at radius 2 is 1.94 bits per heavy atom. The number of carbonyl (C=O) groups excluding carboxylic acids is 2. The highest BCUT2D eigenvalue weighted by Crippen LogP contribution is 2.70. The molecule has 1 aromatic rings. The van der Waals surface area contributed by atoms with Crippen molar-refractivity contribution in [1.82, 2.24) is 0 Å². The smallest absolute Gasteiger partial charge is 0.309 e. The molecule has 0 bridgehead atoms. The minimum absolute atomic E-state index is 0.0616. The van der Waals surface area contributed by atoms with Crippen LogP contribution in [-0.4, -0.2) is 53.4 Å². The van der Waals surface area contributed by atoms with Gasteiger partial charge in [-0.1, -0.05) is 19.4 Å². The number of rotatable bonds is 4. The van der Waals surface area contributed by atoms with Crippen molar-refractivity contribution in [3.8, 4) is 0 Å². The van der Waals surface area contributed by atoms with Crippen molar-refractivity contribution >= 4 is 17.7 Å². The van der Waals surface area contributed by atoms with Crippen LogP contribution < -0.4 is 0 Å². The second kappa shape index (κ2) is 7.77. The molecule has 0 aromatic carbocycles. The van der Waals surface area contributed by atoms with Crippen LogP contribution in [0.5, 0.6) is 0 Å². The van der Waals surface area contributed by atoms with Crippen molar-refractivity contribution in [2.45, 2.75) is 77.6 Å². The maximum Gasteiger partial charge on any atom is 0.309 e. The Balaban J connectivity index is 1.72. The molecule has 2 N–H and O–H groups in total. The highest BCUT2D eigenvalue weighted by Gasteiger charge is 2.75. The Morgan fingerprint density at radius 3 is 2.54 bits per heavy atom. The first kappa shape index (κ1) is 24.3. The van der Waals surface area contributed by atoms with E-state index in [9.17, 15) is 24.6 Å². The van der Waals surface area contributed by atoms with Gasteiger partial charge >= 0.3 is 11.9 Å². The monoisotopic (exact) mass is 486 g/mol. The molecule has 0 amide bonds. The van der Waals surface area contributed by atoms with Crippen LogP contribution >= 0.6 is 0 Å². The first-order valence-corrected chi connectivity index (χ1v) is 12.3. The number of Topliss-reactive ketones (excluding diaryl/α,β-unsaturated/α-hetero) is 1. The van der Waals surface area contributed by atoms with Gasteiger partial charge in [-0.05, 0) is 49.8 Å². The summed E-state index contributed by atoms with van der Waals surface area (Å²) in [6.07, 6.45) is 1.97. The van der Waals surface area contributed by atoms with Gasteiger partial charge in [0.1, 0.15) is 5.78 Å². The standard InChI is InChI=1S/C27H34O8/c1-13-15(14-7-9-34-12-14)10-16-20(13)27(4)17(11-19(29)33-5)26(3)18(28)6-8-25(2,24(31)32)22(26)21(30)23(27)35-16/h7,9,12,15-17,21-23,30H,6,8,10-11H2,1-5H3,(H,31,32). The number of carbonyl (C=O) groups is 3. The predicted molar refractivity (Wildman–Crippen MR) is 123 cm³/mol. The lowest BCUT2D eigenvalue weighted by atomic mass is 9.40. The second-order valence-corrected chi connectivity index (χ2v) is 11.5. The number of hydrogen-bond acceptors (Lipinski definition) is 7. The van der Waals surface area contributed by atoms with Gasteiger partial charge in [-0.3, -0.25) is 14.4 Å². The first-order valence-electron chi connectivity index (χ1n) is 12.3. The number of aliphatic hydroxyl groups excluding tert-OH is 1. The van der Waals surface area contributed by atoms with Crippen LogP contribution in [0.25, 0.3) is 0 Å². The normalized spacial score (nSPS) is 44.6. The molecule has 3 fully saturated rings. The number of carboxylic acids is 1. The molecule has 2 heterocycles. The maximum absolute atomic E-state index is 13.7. The number of esters is 1. The first-order chi connectivity index (χ1) is 16.4. The van der Waals surface area contributed by atoms with Crippen LogP contribution in [0.2, 0.25) is 0 Å². The summed E-state index contributed by atoms with van der Waals surface area (Å²) in [7, 11) is 1.31. The Morgan fingerprint density at radius 1 is 1.23 bits per heavy atom. The van der Waals surface area contributed by atoms with Gasteiger partial charge in [0.2, 0.25) is 0 Å². The van der Waals surface area contributed by atoms with Crippen molar-refractivity contribution in [1.29, 1.82) is 0 Å². The number of hydrogen-bond donors (Lipinski definition) is 2. The number of methoxy groups -OCH3 is 1. The number of aliphatic hydroxyl groups is 1. The van der Waals surface area contributed by atoms with E-state index >= 15 is 0 Å². The SMILES string of the molecule is COC(=O)CC1C2(C)C3=C(C)C(c4ccoc4)CC3OC2C(O)C2C(C)(C(=O)O)CCC(=O)C21C. The van der Waals surface area contributed by atoms with Crippen molar-refractivity contribution in [3.63, 3.8) is 0 Å². The van der Waals surface area contributed by atoms with Gasteiger partial charge in [-0.2, -0.15) is 0 Å². The van der Waals surface area contributed by atoms with Crippen LogP contribution in [0.1, 0.15) is 64.9 Å². The van der Waals surface area contributed by atoms with Crippen LogP contribution in [0, 0.1) is 28.1 Å². The van der Waals surface area contributed by atoms with Gasteiger partial charge in [-0.15, -0.1) is 0 Å². The largest absolute Gasteiger partial charge is 0.481 e. The van der Waals surface area contributed by atoms with Gasteiger partial charge in [-0.25, -0.2) is 0 Å². The predicted octanol–water partition coefficient (Wildman–Crippen LogP) is 3.49. The number of fused-ring (bicyclic) bond motifs is 4. The zero-order valence-corrected chi connectivity index (χ0v) is 20.9. The topological polar surface area (TPSA) is 123 Å². The molecule has 1 aromatic heterocycles. The lowest BCUT2D eigenvalue weighted by molar-refractivity contribution is -0.228. The molecule has 0 spiro atoms. The molecule has 1 saturated heterocycles. The van der Waals surface area contributed by atoms with E-state index in [4.69, 9.17) is 13.9 Å². The van der Waals surface area contributed by atoms with E-state index in [1.165, 1.54) is 7.11 Å².